The number of rotatable bonds is 2. The molecule has 0 aromatic carbocycles. The highest BCUT2D eigenvalue weighted by Crippen LogP contribution is 2.32. The molecule has 0 spiro atoms. The quantitative estimate of drug-likeness (QED) is 0.876. The van der Waals surface area contributed by atoms with Crippen molar-refractivity contribution in [1.82, 2.24) is 14.1 Å². The summed E-state index contributed by atoms with van der Waals surface area (Å²) in [6.07, 6.45) is 1.98. The second-order valence-corrected chi connectivity index (χ2v) is 7.90. The summed E-state index contributed by atoms with van der Waals surface area (Å²) >= 11 is 5.93. The maximum atomic E-state index is 12.6. The normalized spacial score (nSPS) is 23.4. The summed E-state index contributed by atoms with van der Waals surface area (Å²) < 4.78 is 28.0. The van der Waals surface area contributed by atoms with Gasteiger partial charge in [-0.1, -0.05) is 25.4 Å². The lowest BCUT2D eigenvalue weighted by molar-refractivity contribution is 0.155. The topological polar surface area (TPSA) is 81.2 Å². The fourth-order valence-electron chi connectivity index (χ4n) is 2.34. The zero-order valence-corrected chi connectivity index (χ0v) is 14.1. The summed E-state index contributed by atoms with van der Waals surface area (Å²) in [6, 6.07) is 0.000888. The number of nitrogens with two attached hydrogens (primary N) is 1. The van der Waals surface area contributed by atoms with Gasteiger partial charge in [0.15, 0.2) is 5.03 Å². The van der Waals surface area contributed by atoms with Crippen LogP contribution in [0.15, 0.2) is 11.2 Å². The number of hydrogen-bond donors (Lipinski definition) is 1. The molecule has 1 aliphatic heterocycles. The summed E-state index contributed by atoms with van der Waals surface area (Å²) in [6.45, 7) is 4.75. The molecule has 2 heterocycles. The summed E-state index contributed by atoms with van der Waals surface area (Å²) in [5, 5.41) is 4.07. The third kappa shape index (κ3) is 2.96. The van der Waals surface area contributed by atoms with Crippen LogP contribution < -0.4 is 5.73 Å². The van der Waals surface area contributed by atoms with Gasteiger partial charge in [0.1, 0.15) is 0 Å². The van der Waals surface area contributed by atoms with Crippen LogP contribution in [0.3, 0.4) is 0 Å². The fraction of sp³-hybridized carbons (Fsp3) is 0.727. The van der Waals surface area contributed by atoms with E-state index in [1.54, 1.807) is 7.05 Å². The van der Waals surface area contributed by atoms with E-state index in [1.807, 2.05) is 13.8 Å². The molecule has 1 aromatic rings. The number of nitrogens with zero attached hydrogens (tertiary/aromatic N) is 3. The van der Waals surface area contributed by atoms with Gasteiger partial charge in [-0.25, -0.2) is 8.42 Å². The highest BCUT2D eigenvalue weighted by molar-refractivity contribution is 7.89. The molecule has 1 aromatic heterocycles. The molecule has 9 heteroatoms. The standard InChI is InChI=1S/C11H19ClN4O2S.ClH/c1-11(2)7-16(5-4-9(11)13)19(17,18)10-8(12)6-14-15(10)3;/h6,9H,4-5,7,13H2,1-3H3;1H. The van der Waals surface area contributed by atoms with Gasteiger partial charge >= 0.3 is 0 Å². The third-order valence-corrected chi connectivity index (χ3v) is 6.06. The lowest BCUT2D eigenvalue weighted by Gasteiger charge is -2.41. The van der Waals surface area contributed by atoms with Crippen molar-refractivity contribution in [2.24, 2.45) is 18.2 Å². The first-order chi connectivity index (χ1) is 8.66. The molecule has 1 aliphatic rings. The predicted octanol–water partition coefficient (Wildman–Crippen LogP) is 1.24. The number of aromatic nitrogens is 2. The molecule has 1 unspecified atom stereocenters. The van der Waals surface area contributed by atoms with E-state index in [0.717, 1.165) is 0 Å². The smallest absolute Gasteiger partial charge is 0.261 e. The summed E-state index contributed by atoms with van der Waals surface area (Å²) in [7, 11) is -2.06. The number of sulfonamides is 1. The van der Waals surface area contributed by atoms with Gasteiger partial charge in [0, 0.05) is 26.2 Å². The summed E-state index contributed by atoms with van der Waals surface area (Å²) in [5.74, 6) is 0. The molecule has 6 nitrogen and oxygen atoms in total. The Labute approximate surface area is 130 Å². The van der Waals surface area contributed by atoms with Gasteiger partial charge in [0.25, 0.3) is 10.0 Å². The Kier molecular flexibility index (Phi) is 5.14. The number of piperidine rings is 1. The van der Waals surface area contributed by atoms with Crippen molar-refractivity contribution >= 4 is 34.0 Å². The van der Waals surface area contributed by atoms with E-state index >= 15 is 0 Å². The molecule has 1 fully saturated rings. The largest absolute Gasteiger partial charge is 0.327 e. The average Bonchev–Trinajstić information content (AvgIpc) is 2.62. The molecule has 2 rings (SSSR count). The van der Waals surface area contributed by atoms with Gasteiger partial charge in [-0.2, -0.15) is 9.40 Å². The van der Waals surface area contributed by atoms with Crippen LogP contribution in [-0.4, -0.2) is 41.6 Å². The molecular weight excluding hydrogens is 323 g/mol. The number of hydrogen-bond acceptors (Lipinski definition) is 4. The Morgan fingerprint density at radius 3 is 2.55 bits per heavy atom. The van der Waals surface area contributed by atoms with Crippen molar-refractivity contribution in [3.05, 3.63) is 11.2 Å². The zero-order chi connectivity index (χ0) is 14.4. The summed E-state index contributed by atoms with van der Waals surface area (Å²) in [5.41, 5.74) is 5.78. The van der Waals surface area contributed by atoms with Crippen molar-refractivity contribution in [2.75, 3.05) is 13.1 Å². The van der Waals surface area contributed by atoms with Crippen LogP contribution in [0.5, 0.6) is 0 Å². The predicted molar refractivity (Wildman–Crippen MR) is 80.6 cm³/mol. The van der Waals surface area contributed by atoms with Gasteiger partial charge in [0.2, 0.25) is 0 Å². The minimum Gasteiger partial charge on any atom is -0.327 e. The Morgan fingerprint density at radius 1 is 1.50 bits per heavy atom. The van der Waals surface area contributed by atoms with E-state index in [-0.39, 0.29) is 33.9 Å². The van der Waals surface area contributed by atoms with Crippen molar-refractivity contribution in [2.45, 2.75) is 31.3 Å². The second kappa shape index (κ2) is 5.81. The van der Waals surface area contributed by atoms with Crippen LogP contribution in [0.4, 0.5) is 0 Å². The molecule has 1 saturated heterocycles. The van der Waals surface area contributed by atoms with Crippen LogP contribution in [-0.2, 0) is 17.1 Å². The number of halogens is 2. The first-order valence-corrected chi connectivity index (χ1v) is 7.91. The lowest BCUT2D eigenvalue weighted by atomic mass is 9.81. The maximum absolute atomic E-state index is 12.6. The van der Waals surface area contributed by atoms with E-state index in [2.05, 4.69) is 5.10 Å². The second-order valence-electron chi connectivity index (χ2n) is 5.64. The Hall–Kier alpha value is -0.340. The molecule has 0 aliphatic carbocycles. The molecule has 0 bridgehead atoms. The Morgan fingerprint density at radius 2 is 2.10 bits per heavy atom. The minimum absolute atomic E-state index is 0. The van der Waals surface area contributed by atoms with Gasteiger partial charge < -0.3 is 5.73 Å². The zero-order valence-electron chi connectivity index (χ0n) is 11.7. The van der Waals surface area contributed by atoms with Crippen molar-refractivity contribution in [3.8, 4) is 0 Å². The van der Waals surface area contributed by atoms with Crippen molar-refractivity contribution in [3.63, 3.8) is 0 Å². The molecule has 20 heavy (non-hydrogen) atoms. The van der Waals surface area contributed by atoms with Crippen molar-refractivity contribution < 1.29 is 8.42 Å². The Bertz CT molecular complexity index is 566. The molecule has 1 atom stereocenters. The van der Waals surface area contributed by atoms with Crippen LogP contribution in [0, 0.1) is 5.41 Å². The van der Waals surface area contributed by atoms with E-state index in [9.17, 15) is 8.42 Å². The average molecular weight is 343 g/mol. The number of aryl methyl sites for hydroxylation is 1. The first kappa shape index (κ1) is 17.7. The Balaban J connectivity index is 0.00000200. The molecule has 0 amide bonds. The van der Waals surface area contributed by atoms with Crippen LogP contribution in [0.2, 0.25) is 5.02 Å². The first-order valence-electron chi connectivity index (χ1n) is 6.09. The highest BCUT2D eigenvalue weighted by Gasteiger charge is 2.40. The van der Waals surface area contributed by atoms with Gasteiger partial charge in [-0.15, -0.1) is 12.4 Å². The molecule has 116 valence electrons. The SMILES string of the molecule is Cl.Cn1ncc(Cl)c1S(=O)(=O)N1CCC(N)C(C)(C)C1. The molecule has 0 saturated carbocycles. The summed E-state index contributed by atoms with van der Waals surface area (Å²) in [4.78, 5) is 0. The van der Waals surface area contributed by atoms with Gasteiger partial charge in [-0.05, 0) is 11.8 Å². The van der Waals surface area contributed by atoms with Crippen LogP contribution in [0.25, 0.3) is 0 Å². The molecule has 2 N–H and O–H groups in total. The van der Waals surface area contributed by atoms with E-state index in [1.165, 1.54) is 15.2 Å². The third-order valence-electron chi connectivity index (χ3n) is 3.70. The van der Waals surface area contributed by atoms with E-state index in [0.29, 0.717) is 19.5 Å². The maximum Gasteiger partial charge on any atom is 0.261 e. The monoisotopic (exact) mass is 342 g/mol. The highest BCUT2D eigenvalue weighted by atomic mass is 35.5. The van der Waals surface area contributed by atoms with E-state index in [4.69, 9.17) is 17.3 Å². The van der Waals surface area contributed by atoms with E-state index < -0.39 is 10.0 Å². The van der Waals surface area contributed by atoms with Crippen LogP contribution in [0.1, 0.15) is 20.3 Å². The molecule has 0 radical (unpaired) electrons. The van der Waals surface area contributed by atoms with Gasteiger partial charge in [0.05, 0.1) is 11.2 Å². The van der Waals surface area contributed by atoms with Crippen LogP contribution >= 0.6 is 24.0 Å². The van der Waals surface area contributed by atoms with Gasteiger partial charge in [-0.3, -0.25) is 4.68 Å². The molecular formula is C11H20Cl2N4O2S. The fourth-order valence-corrected chi connectivity index (χ4v) is 4.57. The lowest BCUT2D eigenvalue weighted by Crippen LogP contribution is -2.54. The van der Waals surface area contributed by atoms with Crippen molar-refractivity contribution in [1.29, 1.82) is 0 Å². The minimum atomic E-state index is -3.63.